The van der Waals surface area contributed by atoms with Gasteiger partial charge in [-0.05, 0) is 18.3 Å². The fourth-order valence-electron chi connectivity index (χ4n) is 1.49. The fourth-order valence-corrected chi connectivity index (χ4v) is 1.49. The maximum absolute atomic E-state index is 2.35. The van der Waals surface area contributed by atoms with Crippen molar-refractivity contribution >= 4 is 0 Å². The normalized spacial score (nSPS) is 30.0. The molecule has 0 amide bonds. The topological polar surface area (TPSA) is 0 Å². The Morgan fingerprint density at radius 2 is 1.20 bits per heavy atom. The molecule has 0 spiro atoms. The lowest BCUT2D eigenvalue weighted by atomic mass is 10.1. The van der Waals surface area contributed by atoms with Crippen molar-refractivity contribution < 1.29 is 4.70 Å². The van der Waals surface area contributed by atoms with E-state index in [1.54, 1.807) is 0 Å². The zero-order valence-electron chi connectivity index (χ0n) is 7.68. The largest absolute Gasteiger partial charge is 0.269 e. The van der Waals surface area contributed by atoms with Gasteiger partial charge in [0.05, 0.1) is 0 Å². The quantitative estimate of drug-likeness (QED) is 0.492. The second kappa shape index (κ2) is 7.04. The first-order valence-corrected chi connectivity index (χ1v) is 4.29. The Morgan fingerprint density at radius 3 is 1.30 bits per heavy atom. The second-order valence-electron chi connectivity index (χ2n) is 3.02. The van der Waals surface area contributed by atoms with Gasteiger partial charge < -0.3 is 0 Å². The van der Waals surface area contributed by atoms with Crippen molar-refractivity contribution in [3.8, 4) is 0 Å². The summed E-state index contributed by atoms with van der Waals surface area (Å²) >= 11 is 0. The van der Waals surface area contributed by atoms with Gasteiger partial charge >= 0.3 is 0 Å². The van der Waals surface area contributed by atoms with Crippen molar-refractivity contribution in [3.05, 3.63) is 0 Å². The SMILES string of the molecule is CC.CC1CCC(C)C1.F. The van der Waals surface area contributed by atoms with E-state index in [0.717, 1.165) is 11.8 Å². The maximum Gasteiger partial charge on any atom is -0.0440 e. The summed E-state index contributed by atoms with van der Waals surface area (Å²) in [6, 6.07) is 0. The lowest BCUT2D eigenvalue weighted by molar-refractivity contribution is 0.555. The number of rotatable bonds is 0. The van der Waals surface area contributed by atoms with E-state index >= 15 is 0 Å². The lowest BCUT2D eigenvalue weighted by Gasteiger charge is -1.96. The summed E-state index contributed by atoms with van der Waals surface area (Å²) < 4.78 is 0. The van der Waals surface area contributed by atoms with E-state index in [4.69, 9.17) is 0 Å². The van der Waals surface area contributed by atoms with Crippen LogP contribution < -0.4 is 0 Å². The number of hydrogen-bond donors (Lipinski definition) is 0. The van der Waals surface area contributed by atoms with Crippen LogP contribution in [-0.2, 0) is 0 Å². The minimum absolute atomic E-state index is 0. The Kier molecular flexibility index (Phi) is 8.87. The van der Waals surface area contributed by atoms with Crippen molar-refractivity contribution in [2.75, 3.05) is 0 Å². The average Bonchev–Trinajstić information content (AvgIpc) is 2.20. The van der Waals surface area contributed by atoms with Gasteiger partial charge in [-0.1, -0.05) is 40.5 Å². The van der Waals surface area contributed by atoms with E-state index in [2.05, 4.69) is 13.8 Å². The van der Waals surface area contributed by atoms with Crippen LogP contribution in [-0.4, -0.2) is 0 Å². The maximum atomic E-state index is 2.35. The molecule has 0 aromatic heterocycles. The smallest absolute Gasteiger partial charge is 0.0440 e. The molecule has 0 heterocycles. The van der Waals surface area contributed by atoms with Crippen LogP contribution in [0, 0.1) is 11.8 Å². The molecule has 1 rings (SSSR count). The monoisotopic (exact) mass is 148 g/mol. The molecule has 0 bridgehead atoms. The predicted molar refractivity (Wildman–Crippen MR) is 46.0 cm³/mol. The Balaban J connectivity index is 0. The molecule has 0 aromatic carbocycles. The van der Waals surface area contributed by atoms with Gasteiger partial charge in [-0.3, -0.25) is 4.70 Å². The van der Waals surface area contributed by atoms with Crippen molar-refractivity contribution in [1.29, 1.82) is 0 Å². The van der Waals surface area contributed by atoms with Crippen LogP contribution in [0.4, 0.5) is 4.70 Å². The highest BCUT2D eigenvalue weighted by atomic mass is 19.0. The van der Waals surface area contributed by atoms with Crippen LogP contribution in [0.5, 0.6) is 0 Å². The molecule has 0 aliphatic heterocycles. The summed E-state index contributed by atoms with van der Waals surface area (Å²) in [5.74, 6) is 2.05. The Bertz CT molecular complexity index is 53.7. The standard InChI is InChI=1S/C7H14.C2H6.FH/c1-6-3-4-7(2)5-6;1-2;/h6-7H,3-5H2,1-2H3;1-2H3;1H. The molecule has 0 radical (unpaired) electrons. The van der Waals surface area contributed by atoms with Gasteiger partial charge in [0.15, 0.2) is 0 Å². The molecule has 1 saturated carbocycles. The van der Waals surface area contributed by atoms with Crippen molar-refractivity contribution in [1.82, 2.24) is 0 Å². The number of hydrogen-bond acceptors (Lipinski definition) is 0. The molecule has 10 heavy (non-hydrogen) atoms. The summed E-state index contributed by atoms with van der Waals surface area (Å²) in [6.45, 7) is 8.70. The molecule has 0 saturated heterocycles. The summed E-state index contributed by atoms with van der Waals surface area (Å²) in [5, 5.41) is 0. The van der Waals surface area contributed by atoms with Gasteiger partial charge in [0.25, 0.3) is 0 Å². The van der Waals surface area contributed by atoms with E-state index in [-0.39, 0.29) is 4.70 Å². The minimum atomic E-state index is 0. The van der Waals surface area contributed by atoms with Gasteiger partial charge in [0.2, 0.25) is 0 Å². The Morgan fingerprint density at radius 1 is 0.900 bits per heavy atom. The van der Waals surface area contributed by atoms with Crippen molar-refractivity contribution in [2.24, 2.45) is 11.8 Å². The van der Waals surface area contributed by atoms with Crippen LogP contribution in [0.25, 0.3) is 0 Å². The highest BCUT2D eigenvalue weighted by molar-refractivity contribution is 4.68. The fraction of sp³-hybridized carbons (Fsp3) is 1.00. The Hall–Kier alpha value is -0.0700. The molecule has 1 aliphatic rings. The van der Waals surface area contributed by atoms with Crippen LogP contribution in [0.15, 0.2) is 0 Å². The summed E-state index contributed by atoms with van der Waals surface area (Å²) in [6.07, 6.45) is 4.42. The summed E-state index contributed by atoms with van der Waals surface area (Å²) in [5.41, 5.74) is 0. The average molecular weight is 148 g/mol. The van der Waals surface area contributed by atoms with Gasteiger partial charge in [0.1, 0.15) is 0 Å². The molecule has 1 aliphatic carbocycles. The molecule has 2 unspecified atom stereocenters. The van der Waals surface area contributed by atoms with Crippen LogP contribution in [0.2, 0.25) is 0 Å². The molecular weight excluding hydrogens is 127 g/mol. The lowest BCUT2D eigenvalue weighted by Crippen LogP contribution is -1.84. The molecule has 1 heteroatoms. The Labute approximate surface area is 64.4 Å². The first-order chi connectivity index (χ1) is 4.29. The molecule has 0 aromatic rings. The third kappa shape index (κ3) is 4.78. The van der Waals surface area contributed by atoms with E-state index in [1.807, 2.05) is 13.8 Å². The van der Waals surface area contributed by atoms with Crippen LogP contribution >= 0.6 is 0 Å². The third-order valence-electron chi connectivity index (χ3n) is 1.96. The summed E-state index contributed by atoms with van der Waals surface area (Å²) in [4.78, 5) is 0. The van der Waals surface area contributed by atoms with Gasteiger partial charge in [0, 0.05) is 0 Å². The predicted octanol–water partition coefficient (Wildman–Crippen LogP) is 3.62. The highest BCUT2D eigenvalue weighted by Gasteiger charge is 2.15. The second-order valence-corrected chi connectivity index (χ2v) is 3.02. The van der Waals surface area contributed by atoms with Crippen LogP contribution in [0.1, 0.15) is 47.0 Å². The third-order valence-corrected chi connectivity index (χ3v) is 1.96. The van der Waals surface area contributed by atoms with Gasteiger partial charge in [-0.2, -0.15) is 0 Å². The first-order valence-electron chi connectivity index (χ1n) is 4.29. The number of halogens is 1. The van der Waals surface area contributed by atoms with E-state index in [1.165, 1.54) is 19.3 Å². The minimum Gasteiger partial charge on any atom is -0.269 e. The van der Waals surface area contributed by atoms with Crippen LogP contribution in [0.3, 0.4) is 0 Å². The van der Waals surface area contributed by atoms with E-state index in [9.17, 15) is 0 Å². The highest BCUT2D eigenvalue weighted by Crippen LogP contribution is 2.29. The van der Waals surface area contributed by atoms with Gasteiger partial charge in [-0.25, -0.2) is 0 Å². The molecular formula is C9H21F. The molecule has 0 nitrogen and oxygen atoms in total. The zero-order valence-corrected chi connectivity index (χ0v) is 7.68. The molecule has 1 fully saturated rings. The van der Waals surface area contributed by atoms with Crippen molar-refractivity contribution in [2.45, 2.75) is 47.0 Å². The first kappa shape index (κ1) is 12.6. The zero-order chi connectivity index (χ0) is 7.28. The van der Waals surface area contributed by atoms with Gasteiger partial charge in [-0.15, -0.1) is 0 Å². The summed E-state index contributed by atoms with van der Waals surface area (Å²) in [7, 11) is 0. The van der Waals surface area contributed by atoms with Crippen molar-refractivity contribution in [3.63, 3.8) is 0 Å². The molecule has 0 N–H and O–H groups in total. The van der Waals surface area contributed by atoms with E-state index < -0.39 is 0 Å². The van der Waals surface area contributed by atoms with E-state index in [0.29, 0.717) is 0 Å². The molecule has 2 atom stereocenters. The molecule has 64 valence electrons.